The monoisotopic (exact) mass is 363 g/mol. The molecule has 1 heterocycles. The number of ether oxygens (including phenoxy) is 1. The molecule has 0 unspecified atom stereocenters. The van der Waals surface area contributed by atoms with E-state index in [4.69, 9.17) is 9.84 Å². The highest BCUT2D eigenvalue weighted by atomic mass is 16.6. The molecule has 0 saturated carbocycles. The minimum atomic E-state index is -0.693. The summed E-state index contributed by atoms with van der Waals surface area (Å²) in [4.78, 5) is 34.9. The van der Waals surface area contributed by atoms with Crippen molar-refractivity contribution in [2.24, 2.45) is 0 Å². The molecule has 0 bridgehead atoms. The fourth-order valence-corrected chi connectivity index (χ4v) is 2.66. The number of hydrogen-bond donors (Lipinski definition) is 1. The van der Waals surface area contributed by atoms with Gasteiger partial charge in [-0.3, -0.25) is 9.59 Å². The quantitative estimate of drug-likeness (QED) is 0.768. The number of hydrogen-bond acceptors (Lipinski definition) is 4. The van der Waals surface area contributed by atoms with Gasteiger partial charge in [-0.2, -0.15) is 0 Å². The van der Waals surface area contributed by atoms with E-state index in [1.165, 1.54) is 4.90 Å². The molecule has 1 aromatic rings. The summed E-state index contributed by atoms with van der Waals surface area (Å²) < 4.78 is 5.34. The normalized spacial score (nSPS) is 18.7. The summed E-state index contributed by atoms with van der Waals surface area (Å²) in [6, 6.07) is 9.28. The highest BCUT2D eigenvalue weighted by Crippen LogP contribution is 2.32. The van der Waals surface area contributed by atoms with Gasteiger partial charge in [0.15, 0.2) is 0 Å². The van der Waals surface area contributed by atoms with Crippen LogP contribution >= 0.6 is 0 Å². The van der Waals surface area contributed by atoms with Crippen LogP contribution in [0.25, 0.3) is 0 Å². The minimum absolute atomic E-state index is 0.141. The van der Waals surface area contributed by atoms with E-state index in [1.54, 1.807) is 0 Å². The van der Waals surface area contributed by atoms with Gasteiger partial charge in [-0.15, -0.1) is 0 Å². The lowest BCUT2D eigenvalue weighted by atomic mass is 10.0. The van der Waals surface area contributed by atoms with Gasteiger partial charge in [0.25, 0.3) is 0 Å². The average molecular weight is 363 g/mol. The largest absolute Gasteiger partial charge is 0.481 e. The first kappa shape index (κ1) is 21.7. The molecule has 6 nitrogen and oxygen atoms in total. The van der Waals surface area contributed by atoms with Crippen molar-refractivity contribution >= 4 is 18.0 Å². The third kappa shape index (κ3) is 6.50. The number of imide groups is 1. The van der Waals surface area contributed by atoms with E-state index in [9.17, 15) is 14.4 Å². The van der Waals surface area contributed by atoms with Crippen molar-refractivity contribution in [3.8, 4) is 0 Å². The van der Waals surface area contributed by atoms with E-state index in [1.807, 2.05) is 51.1 Å². The lowest BCUT2D eigenvalue weighted by molar-refractivity contribution is -0.137. The van der Waals surface area contributed by atoms with Gasteiger partial charge >= 0.3 is 12.1 Å². The Labute approximate surface area is 155 Å². The Hall–Kier alpha value is -2.37. The smallest absolute Gasteiger partial charge is 0.417 e. The van der Waals surface area contributed by atoms with Crippen LogP contribution in [0.2, 0.25) is 0 Å². The van der Waals surface area contributed by atoms with Crippen molar-refractivity contribution in [3.05, 3.63) is 35.9 Å². The lowest BCUT2D eigenvalue weighted by Crippen LogP contribution is -2.37. The molecule has 6 heteroatoms. The molecule has 1 aliphatic rings. The van der Waals surface area contributed by atoms with Crippen molar-refractivity contribution in [1.82, 2.24) is 4.90 Å². The number of carbonyl (C=O) groups excluding carboxylic acids is 2. The fourth-order valence-electron chi connectivity index (χ4n) is 2.66. The van der Waals surface area contributed by atoms with Crippen LogP contribution in [0.1, 0.15) is 71.0 Å². The number of carboxylic acids is 1. The summed E-state index contributed by atoms with van der Waals surface area (Å²) in [5, 5.41) is 8.04. The van der Waals surface area contributed by atoms with Gasteiger partial charge < -0.3 is 9.84 Å². The molecule has 2 rings (SSSR count). The van der Waals surface area contributed by atoms with E-state index in [0.29, 0.717) is 12.8 Å². The molecule has 2 amide bonds. The number of benzene rings is 1. The predicted octanol–water partition coefficient (Wildman–Crippen LogP) is 4.55. The van der Waals surface area contributed by atoms with E-state index < -0.39 is 12.1 Å². The lowest BCUT2D eigenvalue weighted by Gasteiger charge is -2.19. The molecule has 1 fully saturated rings. The Balaban J connectivity index is 0.000000412. The molecule has 0 spiro atoms. The second-order valence-corrected chi connectivity index (χ2v) is 6.32. The van der Waals surface area contributed by atoms with Crippen LogP contribution in [0.3, 0.4) is 0 Å². The number of aliphatic carboxylic acids is 1. The average Bonchev–Trinajstić information content (AvgIpc) is 2.93. The van der Waals surface area contributed by atoms with Crippen LogP contribution in [0.4, 0.5) is 4.79 Å². The van der Waals surface area contributed by atoms with Crippen molar-refractivity contribution in [1.29, 1.82) is 0 Å². The zero-order valence-corrected chi connectivity index (χ0v) is 15.8. The van der Waals surface area contributed by atoms with Crippen LogP contribution < -0.4 is 0 Å². The zero-order chi connectivity index (χ0) is 19.5. The molecule has 1 aromatic carbocycles. The van der Waals surface area contributed by atoms with Crippen molar-refractivity contribution in [3.63, 3.8) is 0 Å². The van der Waals surface area contributed by atoms with E-state index in [0.717, 1.165) is 31.2 Å². The molecule has 1 N–H and O–H groups in total. The number of rotatable bonds is 7. The van der Waals surface area contributed by atoms with Gasteiger partial charge in [0.2, 0.25) is 5.91 Å². The highest BCUT2D eigenvalue weighted by Gasteiger charge is 2.42. The fraction of sp³-hybridized carbons (Fsp3) is 0.550. The first-order valence-electron chi connectivity index (χ1n) is 9.21. The Morgan fingerprint density at radius 2 is 1.65 bits per heavy atom. The Morgan fingerprint density at radius 3 is 2.15 bits per heavy atom. The molecule has 0 aromatic heterocycles. The van der Waals surface area contributed by atoms with Crippen molar-refractivity contribution in [2.45, 2.75) is 71.4 Å². The number of amides is 2. The maximum atomic E-state index is 12.0. The summed E-state index contributed by atoms with van der Waals surface area (Å²) in [5.41, 5.74) is 0.925. The molecule has 1 saturated heterocycles. The number of nitrogens with zero attached hydrogens (tertiary/aromatic N) is 1. The van der Waals surface area contributed by atoms with E-state index >= 15 is 0 Å². The van der Waals surface area contributed by atoms with Gasteiger partial charge in [-0.25, -0.2) is 9.69 Å². The molecule has 2 atom stereocenters. The number of cyclic esters (lactones) is 1. The summed E-state index contributed by atoms with van der Waals surface area (Å²) in [6.45, 7) is 5.85. The van der Waals surface area contributed by atoms with Gasteiger partial charge in [0, 0.05) is 12.8 Å². The Kier molecular flexibility index (Phi) is 9.41. The summed E-state index contributed by atoms with van der Waals surface area (Å²) >= 11 is 0. The third-order valence-electron chi connectivity index (χ3n) is 4.16. The molecule has 0 aliphatic carbocycles. The molecule has 0 radical (unpaired) electrons. The van der Waals surface area contributed by atoms with E-state index in [-0.39, 0.29) is 18.1 Å². The second-order valence-electron chi connectivity index (χ2n) is 6.32. The Morgan fingerprint density at radius 1 is 1.08 bits per heavy atom. The van der Waals surface area contributed by atoms with Crippen LogP contribution in [-0.2, 0) is 14.3 Å². The van der Waals surface area contributed by atoms with Crippen molar-refractivity contribution in [2.75, 3.05) is 0 Å². The zero-order valence-electron chi connectivity index (χ0n) is 15.8. The van der Waals surface area contributed by atoms with E-state index in [2.05, 4.69) is 0 Å². The summed E-state index contributed by atoms with van der Waals surface area (Å²) in [7, 11) is 0. The summed E-state index contributed by atoms with van der Waals surface area (Å²) in [6.07, 6.45) is 3.33. The van der Waals surface area contributed by atoms with Crippen LogP contribution in [0, 0.1) is 0 Å². The van der Waals surface area contributed by atoms with Gasteiger partial charge in [0.05, 0.1) is 6.04 Å². The molecule has 26 heavy (non-hydrogen) atoms. The maximum Gasteiger partial charge on any atom is 0.417 e. The number of carboxylic acid groups (broad SMARTS) is 1. The Bertz CT molecular complexity index is 587. The topological polar surface area (TPSA) is 83.9 Å². The highest BCUT2D eigenvalue weighted by molar-refractivity contribution is 5.93. The van der Waals surface area contributed by atoms with Gasteiger partial charge in [-0.1, -0.05) is 57.0 Å². The van der Waals surface area contributed by atoms with Gasteiger partial charge in [0.1, 0.15) is 6.10 Å². The van der Waals surface area contributed by atoms with Crippen molar-refractivity contribution < 1.29 is 24.2 Å². The summed E-state index contributed by atoms with van der Waals surface area (Å²) in [5.74, 6) is -0.834. The minimum Gasteiger partial charge on any atom is -0.481 e. The van der Waals surface area contributed by atoms with Gasteiger partial charge in [-0.05, 0) is 25.3 Å². The van der Waals surface area contributed by atoms with Crippen LogP contribution in [-0.4, -0.2) is 34.0 Å². The predicted molar refractivity (Wildman–Crippen MR) is 98.7 cm³/mol. The molecular weight excluding hydrogens is 334 g/mol. The molecule has 1 aliphatic heterocycles. The molecular formula is C20H29NO5. The maximum absolute atomic E-state index is 12.0. The first-order chi connectivity index (χ1) is 12.4. The second kappa shape index (κ2) is 11.3. The third-order valence-corrected chi connectivity index (χ3v) is 4.16. The first-order valence-corrected chi connectivity index (χ1v) is 9.21. The molecule has 144 valence electrons. The number of unbranched alkanes of at least 4 members (excludes halogenated alkanes) is 2. The van der Waals surface area contributed by atoms with Crippen LogP contribution in [0.15, 0.2) is 30.3 Å². The number of carbonyl (C=O) groups is 3. The SMILES string of the molecule is CCCCC(=O)N1C(=O)O[C@H](c2ccccc2)[C@@H]1C.CCCCC(=O)O. The van der Waals surface area contributed by atoms with Crippen LogP contribution in [0.5, 0.6) is 0 Å². The standard InChI is InChI=1S/C15H19NO3.C5H10O2/c1-3-4-10-13(17)16-11(2)14(19-15(16)18)12-8-6-5-7-9-12;1-2-3-4-5(6)7/h5-9,11,14H,3-4,10H2,1-2H3;2-4H2,1H3,(H,6,7)/t11-,14-;/m0./s1.